The summed E-state index contributed by atoms with van der Waals surface area (Å²) < 4.78 is 48.1. The number of hydrogen-bond donors (Lipinski definition) is 1. The monoisotopic (exact) mass is 1650 g/mol. The Balaban J connectivity index is 0.000000152. The molecule has 1 N–H and O–H groups in total. The second-order valence-electron chi connectivity index (χ2n) is 28.4. The molecule has 1 aliphatic rings. The molecular formula is C89H93ClN12O10S4. The highest BCUT2D eigenvalue weighted by Crippen LogP contribution is 2.34. The molecule has 14 rings (SSSR count). The van der Waals surface area contributed by atoms with Gasteiger partial charge in [0.15, 0.2) is 0 Å². The Kier molecular flexibility index (Phi) is 30.3. The van der Waals surface area contributed by atoms with Crippen LogP contribution in [0.2, 0.25) is 5.02 Å². The van der Waals surface area contributed by atoms with Crippen LogP contribution in [0, 0.1) is 6.92 Å². The van der Waals surface area contributed by atoms with Crippen LogP contribution in [0.25, 0.3) is 11.4 Å². The fourth-order valence-corrected chi connectivity index (χ4v) is 16.0. The number of amides is 4. The molecule has 6 aromatic heterocycles. The van der Waals surface area contributed by atoms with Crippen molar-refractivity contribution in [3.05, 3.63) is 328 Å². The molecule has 7 heterocycles. The van der Waals surface area contributed by atoms with Crippen molar-refractivity contribution >= 4 is 85.0 Å². The number of nitrogens with one attached hydrogen (secondary N) is 1. The van der Waals surface area contributed by atoms with Crippen LogP contribution in [0.3, 0.4) is 0 Å². The first-order valence-corrected chi connectivity index (χ1v) is 41.9. The molecule has 0 spiro atoms. The summed E-state index contributed by atoms with van der Waals surface area (Å²) in [5, 5.41) is 20.4. The number of aromatic amines is 1. The van der Waals surface area contributed by atoms with Gasteiger partial charge in [-0.3, -0.25) is 29.1 Å². The van der Waals surface area contributed by atoms with Crippen LogP contribution in [-0.4, -0.2) is 129 Å². The first-order chi connectivity index (χ1) is 56.0. The molecule has 0 unspecified atom stereocenters. The van der Waals surface area contributed by atoms with Gasteiger partial charge in [-0.25, -0.2) is 17.7 Å². The fraction of sp³-hybridized carbons (Fsp3) is 0.247. The van der Waals surface area contributed by atoms with Crippen molar-refractivity contribution in [3.63, 3.8) is 0 Å². The second kappa shape index (κ2) is 41.2. The summed E-state index contributed by atoms with van der Waals surface area (Å²) in [6.07, 6.45) is 4.99. The Bertz CT molecular complexity index is 5420. The smallest absolute Gasteiger partial charge is 0.254 e. The molecule has 1 aliphatic heterocycles. The van der Waals surface area contributed by atoms with Crippen molar-refractivity contribution in [2.75, 3.05) is 46.9 Å². The normalized spacial score (nSPS) is 11.9. The topological polar surface area (TPSA) is 243 Å². The summed E-state index contributed by atoms with van der Waals surface area (Å²) in [7, 11) is 4.28. The molecule has 13 aromatic rings. The predicted octanol–water partition coefficient (Wildman–Crippen LogP) is 17.9. The van der Waals surface area contributed by atoms with Crippen LogP contribution in [0.15, 0.2) is 256 Å². The fourth-order valence-electron chi connectivity index (χ4n) is 12.7. The standard InChI is InChI=1S/C24H23ClN2O3S.C22H27N3O.C22H24N2O4S2.C21H19N5O2S/c1-30-22-8-3-2-6-18(22)15-26(16-19-7-5-13-31-19)24(29)17-10-11-20(25)21(14-17)27-12-4-9-23(27)28;1-17-8-7-9-18(12-17)14-25(15-19-10-5-6-11-23-19)16-21-24-13-20(26-21)22(2,3)4;1-23(2)30(26,27)20-12-10-17(11-13-20)22(25)24(16-19-8-6-14-29-19)15-18-7-4-5-9-21(18)28-3;1-28-19-7-3-2-5-17(19)13-26(14-18-6-4-12-29-18)21(27)16-10-8-15(9-11-16)20-22-24-25-23-20/h2-3,5-8,10-11,13-14H,4,9,12,15-16H2,1H3;5-13H,14-16H2,1-4H3;4-14H,15-16H2,1-3H3;2-12H,13-14H2,1H3,(H,22,23,24,25). The number of ether oxygens (including phenoxy) is 3. The van der Waals surface area contributed by atoms with E-state index in [0.717, 1.165) is 89.5 Å². The minimum atomic E-state index is -3.54. The Labute approximate surface area is 694 Å². The van der Waals surface area contributed by atoms with Crippen molar-refractivity contribution in [2.24, 2.45) is 0 Å². The molecule has 27 heteroatoms. The molecule has 7 aromatic carbocycles. The zero-order valence-electron chi connectivity index (χ0n) is 66.2. The minimum absolute atomic E-state index is 0.0341. The van der Waals surface area contributed by atoms with Crippen LogP contribution < -0.4 is 19.1 Å². The van der Waals surface area contributed by atoms with E-state index in [1.807, 2.05) is 167 Å². The van der Waals surface area contributed by atoms with Crippen LogP contribution in [0.5, 0.6) is 17.2 Å². The van der Waals surface area contributed by atoms with Gasteiger partial charge >= 0.3 is 0 Å². The molecule has 116 heavy (non-hydrogen) atoms. The number of methoxy groups -OCH3 is 3. The molecular weight excluding hydrogens is 1560 g/mol. The lowest BCUT2D eigenvalue weighted by Crippen LogP contribution is -2.30. The number of tetrazole rings is 1. The summed E-state index contributed by atoms with van der Waals surface area (Å²) in [5.41, 5.74) is 9.28. The lowest BCUT2D eigenvalue weighted by molar-refractivity contribution is -0.117. The average Bonchev–Trinajstić information content (AvgIpc) is 0.966. The highest BCUT2D eigenvalue weighted by molar-refractivity contribution is 7.89. The van der Waals surface area contributed by atoms with Crippen molar-refractivity contribution in [1.82, 2.24) is 54.5 Å². The van der Waals surface area contributed by atoms with Gasteiger partial charge in [0, 0.05) is 105 Å². The van der Waals surface area contributed by atoms with E-state index in [9.17, 15) is 27.6 Å². The number of carbonyl (C=O) groups excluding carboxylic acids is 4. The molecule has 600 valence electrons. The number of thiophene rings is 3. The van der Waals surface area contributed by atoms with Crippen LogP contribution in [0.1, 0.15) is 124 Å². The zero-order chi connectivity index (χ0) is 82.1. The molecule has 4 amide bonds. The van der Waals surface area contributed by atoms with Gasteiger partial charge < -0.3 is 38.2 Å². The number of H-pyrrole nitrogens is 1. The number of pyridine rings is 1. The third kappa shape index (κ3) is 23.6. The molecule has 0 bridgehead atoms. The molecule has 22 nitrogen and oxygen atoms in total. The second-order valence-corrected chi connectivity index (χ2v) is 34.1. The van der Waals surface area contributed by atoms with Crippen LogP contribution >= 0.6 is 45.6 Å². The summed E-state index contributed by atoms with van der Waals surface area (Å²) in [4.78, 5) is 74.1. The lowest BCUT2D eigenvalue weighted by Gasteiger charge is -2.24. The van der Waals surface area contributed by atoms with Gasteiger partial charge in [-0.1, -0.05) is 153 Å². The summed E-state index contributed by atoms with van der Waals surface area (Å²) in [5.74, 6) is 4.07. The first-order valence-electron chi connectivity index (χ1n) is 37.4. The van der Waals surface area contributed by atoms with E-state index in [1.165, 1.54) is 37.4 Å². The minimum Gasteiger partial charge on any atom is -0.496 e. The van der Waals surface area contributed by atoms with Crippen LogP contribution in [0.4, 0.5) is 5.69 Å². The highest BCUT2D eigenvalue weighted by Gasteiger charge is 2.29. The first kappa shape index (κ1) is 85.4. The van der Waals surface area contributed by atoms with E-state index >= 15 is 0 Å². The predicted molar refractivity (Wildman–Crippen MR) is 456 cm³/mol. The lowest BCUT2D eigenvalue weighted by atomic mass is 9.94. The average molecular weight is 1650 g/mol. The SMILES string of the molecule is COc1ccccc1CN(Cc1cccs1)C(=O)c1ccc(-c2nn[nH]n2)cc1.COc1ccccc1CN(Cc1cccs1)C(=O)c1ccc(Cl)c(N2CCCC2=O)c1.COc1ccccc1CN(Cc1cccs1)C(=O)c1ccc(S(=O)(=O)N(C)C)cc1.Cc1cccc(CN(Cc2ccccn2)Cc2ncc(C(C)(C)C)o2)c1. The molecule has 0 radical (unpaired) electrons. The van der Waals surface area contributed by atoms with Gasteiger partial charge in [-0.2, -0.15) is 5.21 Å². The van der Waals surface area contributed by atoms with Gasteiger partial charge in [0.05, 0.1) is 94.6 Å². The maximum atomic E-state index is 13.6. The number of aromatic nitrogens is 6. The van der Waals surface area contributed by atoms with Crippen molar-refractivity contribution in [2.45, 2.75) is 110 Å². The molecule has 0 aliphatic carbocycles. The zero-order valence-corrected chi connectivity index (χ0v) is 70.2. The highest BCUT2D eigenvalue weighted by atomic mass is 35.5. The maximum Gasteiger partial charge on any atom is 0.254 e. The Hall–Kier alpha value is -11.5. The maximum absolute atomic E-state index is 13.6. The molecule has 1 fully saturated rings. The Morgan fingerprint density at radius 3 is 1.51 bits per heavy atom. The molecule has 0 saturated carbocycles. The van der Waals surface area contributed by atoms with E-state index in [1.54, 1.807) is 113 Å². The van der Waals surface area contributed by atoms with Gasteiger partial charge in [0.25, 0.3) is 17.7 Å². The quantitative estimate of drug-likeness (QED) is 0.0479. The Morgan fingerprint density at radius 2 is 1.07 bits per heavy atom. The van der Waals surface area contributed by atoms with E-state index in [2.05, 4.69) is 93.5 Å². The van der Waals surface area contributed by atoms with Crippen LogP contribution in [-0.2, 0) is 79.1 Å². The van der Waals surface area contributed by atoms with Crippen molar-refractivity contribution in [1.29, 1.82) is 0 Å². The van der Waals surface area contributed by atoms with E-state index in [4.69, 9.17) is 30.2 Å². The number of hydrogen-bond acceptors (Lipinski definition) is 19. The number of oxazole rings is 1. The van der Waals surface area contributed by atoms with Gasteiger partial charge in [-0.05, 0) is 143 Å². The number of rotatable bonds is 28. The van der Waals surface area contributed by atoms with Gasteiger partial charge in [0.2, 0.25) is 27.6 Å². The summed E-state index contributed by atoms with van der Waals surface area (Å²) in [6, 6.07) is 68.1. The summed E-state index contributed by atoms with van der Waals surface area (Å²) >= 11 is 11.2. The third-order valence-corrected chi connectivity index (χ3v) is 23.5. The number of carbonyl (C=O) groups is 4. The molecule has 0 atom stereocenters. The van der Waals surface area contributed by atoms with Crippen molar-refractivity contribution in [3.8, 4) is 28.6 Å². The number of halogens is 1. The number of sulfonamides is 1. The number of para-hydroxylation sites is 3. The third-order valence-electron chi connectivity index (χ3n) is 18.7. The number of aryl methyl sites for hydroxylation is 1. The van der Waals surface area contributed by atoms with E-state index < -0.39 is 10.0 Å². The van der Waals surface area contributed by atoms with Gasteiger partial charge in [0.1, 0.15) is 23.0 Å². The van der Waals surface area contributed by atoms with Gasteiger partial charge in [-0.15, -0.1) is 44.2 Å². The number of nitrogens with zero attached hydrogens (tertiary/aromatic N) is 11. The largest absolute Gasteiger partial charge is 0.496 e. The molecule has 1 saturated heterocycles. The summed E-state index contributed by atoms with van der Waals surface area (Å²) in [6.45, 7) is 14.1. The number of benzene rings is 7. The van der Waals surface area contributed by atoms with Crippen molar-refractivity contribution < 1.29 is 46.2 Å². The number of anilines is 1. The Morgan fingerprint density at radius 1 is 0.560 bits per heavy atom. The van der Waals surface area contributed by atoms with E-state index in [0.29, 0.717) is 97.8 Å². The van der Waals surface area contributed by atoms with E-state index in [-0.39, 0.29) is 33.9 Å².